The maximum Gasteiger partial charge on any atom is 0.275 e. The minimum atomic E-state index is -1.27. The van der Waals surface area contributed by atoms with Gasteiger partial charge in [-0.15, -0.1) is 0 Å². The van der Waals surface area contributed by atoms with Crippen molar-refractivity contribution in [1.82, 2.24) is 9.88 Å². The number of fused-ring (bicyclic) bond motifs is 1. The number of amides is 3. The lowest BCUT2D eigenvalue weighted by atomic mass is 9.93. The lowest BCUT2D eigenvalue weighted by Gasteiger charge is -2.44. The Labute approximate surface area is 218 Å². The highest BCUT2D eigenvalue weighted by atomic mass is 35.5. The number of benzene rings is 2. The molecule has 0 aliphatic carbocycles. The van der Waals surface area contributed by atoms with Crippen LogP contribution in [0.4, 0.5) is 11.4 Å². The van der Waals surface area contributed by atoms with Gasteiger partial charge in [0, 0.05) is 29.9 Å². The summed E-state index contributed by atoms with van der Waals surface area (Å²) in [5.41, 5.74) is 1.90. The van der Waals surface area contributed by atoms with E-state index in [1.807, 2.05) is 28.8 Å². The third-order valence-corrected chi connectivity index (χ3v) is 6.69. The van der Waals surface area contributed by atoms with E-state index in [0.29, 0.717) is 33.5 Å². The second-order valence-corrected chi connectivity index (χ2v) is 9.56. The van der Waals surface area contributed by atoms with Crippen molar-refractivity contribution in [1.29, 1.82) is 0 Å². The third-order valence-electron chi connectivity index (χ3n) is 6.44. The highest BCUT2D eigenvalue weighted by Crippen LogP contribution is 2.37. The zero-order valence-electron chi connectivity index (χ0n) is 20.3. The molecule has 8 nitrogen and oxygen atoms in total. The van der Waals surface area contributed by atoms with Gasteiger partial charge in [-0.1, -0.05) is 23.7 Å². The molecule has 0 spiro atoms. The molecular formula is C28H25ClN4O4. The first-order valence-corrected chi connectivity index (χ1v) is 12.1. The predicted octanol–water partition coefficient (Wildman–Crippen LogP) is 5.10. The van der Waals surface area contributed by atoms with Crippen molar-refractivity contribution in [3.05, 3.63) is 95.3 Å². The van der Waals surface area contributed by atoms with Crippen LogP contribution in [0.5, 0.6) is 0 Å². The van der Waals surface area contributed by atoms with E-state index in [2.05, 4.69) is 10.6 Å². The molecule has 3 heterocycles. The van der Waals surface area contributed by atoms with E-state index in [4.69, 9.17) is 16.0 Å². The van der Waals surface area contributed by atoms with Gasteiger partial charge in [-0.2, -0.15) is 0 Å². The molecule has 4 aromatic rings. The molecule has 2 N–H and O–H groups in total. The first-order chi connectivity index (χ1) is 17.8. The van der Waals surface area contributed by atoms with Gasteiger partial charge in [0.1, 0.15) is 17.0 Å². The zero-order valence-corrected chi connectivity index (χ0v) is 21.1. The summed E-state index contributed by atoms with van der Waals surface area (Å²) in [4.78, 5) is 40.7. The van der Waals surface area contributed by atoms with Gasteiger partial charge in [0.05, 0.1) is 18.5 Å². The van der Waals surface area contributed by atoms with E-state index in [-0.39, 0.29) is 30.8 Å². The van der Waals surface area contributed by atoms with Crippen molar-refractivity contribution < 1.29 is 18.8 Å². The van der Waals surface area contributed by atoms with Gasteiger partial charge in [0.15, 0.2) is 0 Å². The Bertz CT molecular complexity index is 1460. The Morgan fingerprint density at radius 1 is 1.00 bits per heavy atom. The van der Waals surface area contributed by atoms with E-state index < -0.39 is 5.54 Å². The molecule has 0 saturated heterocycles. The van der Waals surface area contributed by atoms with E-state index in [0.717, 1.165) is 5.56 Å². The Kier molecular flexibility index (Phi) is 6.35. The van der Waals surface area contributed by atoms with Crippen molar-refractivity contribution in [3.8, 4) is 11.5 Å². The number of hydrogen-bond donors (Lipinski definition) is 2. The molecule has 0 radical (unpaired) electrons. The van der Waals surface area contributed by atoms with Gasteiger partial charge in [-0.25, -0.2) is 0 Å². The van der Waals surface area contributed by atoms with Crippen molar-refractivity contribution in [2.75, 3.05) is 10.2 Å². The highest BCUT2D eigenvalue weighted by Gasteiger charge is 2.48. The second kappa shape index (κ2) is 9.63. The lowest BCUT2D eigenvalue weighted by molar-refractivity contribution is -0.126. The Morgan fingerprint density at radius 3 is 2.35 bits per heavy atom. The van der Waals surface area contributed by atoms with Gasteiger partial charge in [-0.3, -0.25) is 19.3 Å². The summed E-state index contributed by atoms with van der Waals surface area (Å²) in [6, 6.07) is 21.2. The summed E-state index contributed by atoms with van der Waals surface area (Å²) in [6.45, 7) is 3.66. The standard InChI is InChI=1S/C28H25ClN4O4/c1-18(34)31-21-9-11-22(12-10-21)33-26(35)24-14-13-23(25-4-3-15-37-25)32(24)17-28(33,2)27(36)30-16-19-5-7-20(29)8-6-19/h3-15H,16-17H2,1-2H3,(H,30,36)(H,31,34)/t28-/m0/s1. The number of carbonyl (C=O) groups is 3. The van der Waals surface area contributed by atoms with Crippen LogP contribution in [0, 0.1) is 0 Å². The van der Waals surface area contributed by atoms with Crippen molar-refractivity contribution in [2.45, 2.75) is 32.5 Å². The quantitative estimate of drug-likeness (QED) is 0.373. The van der Waals surface area contributed by atoms with Crippen LogP contribution in [-0.4, -0.2) is 27.8 Å². The summed E-state index contributed by atoms with van der Waals surface area (Å²) in [7, 11) is 0. The number of carbonyl (C=O) groups excluding carboxylic acids is 3. The molecule has 1 aliphatic heterocycles. The predicted molar refractivity (Wildman–Crippen MR) is 141 cm³/mol. The molecule has 2 aromatic carbocycles. The summed E-state index contributed by atoms with van der Waals surface area (Å²) in [6.07, 6.45) is 1.57. The molecule has 5 rings (SSSR count). The molecule has 37 heavy (non-hydrogen) atoms. The zero-order chi connectivity index (χ0) is 26.2. The minimum absolute atomic E-state index is 0.198. The molecule has 0 bridgehead atoms. The average Bonchev–Trinajstić information content (AvgIpc) is 3.54. The number of anilines is 2. The van der Waals surface area contributed by atoms with Crippen LogP contribution in [0.25, 0.3) is 11.5 Å². The van der Waals surface area contributed by atoms with Crippen molar-refractivity contribution in [3.63, 3.8) is 0 Å². The third kappa shape index (κ3) is 4.63. The van der Waals surface area contributed by atoms with Crippen LogP contribution in [0.1, 0.15) is 29.9 Å². The Hall–Kier alpha value is -4.30. The molecule has 3 amide bonds. The largest absolute Gasteiger partial charge is 0.463 e. The number of hydrogen-bond acceptors (Lipinski definition) is 4. The summed E-state index contributed by atoms with van der Waals surface area (Å²) >= 11 is 5.99. The molecule has 0 fully saturated rings. The minimum Gasteiger partial charge on any atom is -0.463 e. The Morgan fingerprint density at radius 2 is 1.70 bits per heavy atom. The molecule has 188 valence electrons. The maximum atomic E-state index is 13.9. The van der Waals surface area contributed by atoms with Crippen LogP contribution >= 0.6 is 11.6 Å². The van der Waals surface area contributed by atoms with Crippen LogP contribution in [0.2, 0.25) is 5.02 Å². The number of furan rings is 1. The van der Waals surface area contributed by atoms with Gasteiger partial charge in [-0.05, 0) is 73.2 Å². The monoisotopic (exact) mass is 516 g/mol. The molecule has 9 heteroatoms. The van der Waals surface area contributed by atoms with Crippen molar-refractivity contribution in [2.24, 2.45) is 0 Å². The number of nitrogens with one attached hydrogen (secondary N) is 2. The smallest absolute Gasteiger partial charge is 0.275 e. The molecule has 0 unspecified atom stereocenters. The summed E-state index contributed by atoms with van der Waals surface area (Å²) < 4.78 is 7.41. The van der Waals surface area contributed by atoms with Crippen LogP contribution in [0.15, 0.2) is 83.5 Å². The molecule has 0 saturated carbocycles. The van der Waals surface area contributed by atoms with Gasteiger partial charge >= 0.3 is 0 Å². The SMILES string of the molecule is CC(=O)Nc1ccc(N2C(=O)c3ccc(-c4ccco4)n3C[C@@]2(C)C(=O)NCc2ccc(Cl)cc2)cc1. The van der Waals surface area contributed by atoms with Crippen LogP contribution < -0.4 is 15.5 Å². The summed E-state index contributed by atoms with van der Waals surface area (Å²) in [5, 5.41) is 6.33. The molecule has 2 aromatic heterocycles. The lowest BCUT2D eigenvalue weighted by Crippen LogP contribution is -2.64. The molecule has 1 atom stereocenters. The van der Waals surface area contributed by atoms with E-state index >= 15 is 0 Å². The number of rotatable bonds is 6. The Balaban J connectivity index is 1.53. The normalized spacial score (nSPS) is 16.8. The fourth-order valence-corrected chi connectivity index (χ4v) is 4.76. The molecular weight excluding hydrogens is 492 g/mol. The second-order valence-electron chi connectivity index (χ2n) is 9.12. The average molecular weight is 517 g/mol. The first kappa shape index (κ1) is 24.4. The van der Waals surface area contributed by atoms with E-state index in [9.17, 15) is 14.4 Å². The van der Waals surface area contributed by atoms with Crippen LogP contribution in [-0.2, 0) is 22.7 Å². The summed E-state index contributed by atoms with van der Waals surface area (Å²) in [5.74, 6) is -0.223. The fraction of sp³-hybridized carbons (Fsp3) is 0.179. The maximum absolute atomic E-state index is 13.9. The van der Waals surface area contributed by atoms with Crippen molar-refractivity contribution >= 4 is 40.7 Å². The van der Waals surface area contributed by atoms with Crippen LogP contribution in [0.3, 0.4) is 0 Å². The van der Waals surface area contributed by atoms with Gasteiger partial charge in [0.25, 0.3) is 5.91 Å². The van der Waals surface area contributed by atoms with Gasteiger partial charge < -0.3 is 19.6 Å². The van der Waals surface area contributed by atoms with E-state index in [1.54, 1.807) is 61.7 Å². The fourth-order valence-electron chi connectivity index (χ4n) is 4.63. The topological polar surface area (TPSA) is 96.6 Å². The number of halogens is 1. The number of aromatic nitrogens is 1. The van der Waals surface area contributed by atoms with E-state index in [1.165, 1.54) is 11.8 Å². The highest BCUT2D eigenvalue weighted by molar-refractivity contribution is 6.30. The number of nitrogens with zero attached hydrogens (tertiary/aromatic N) is 2. The first-order valence-electron chi connectivity index (χ1n) is 11.7. The van der Waals surface area contributed by atoms with Gasteiger partial charge in [0.2, 0.25) is 11.8 Å². The molecule has 1 aliphatic rings.